The summed E-state index contributed by atoms with van der Waals surface area (Å²) < 4.78 is 15.0. The highest BCUT2D eigenvalue weighted by Gasteiger charge is 2.09. The first-order valence-corrected chi connectivity index (χ1v) is 6.00. The van der Waals surface area contributed by atoms with Crippen molar-refractivity contribution in [1.29, 1.82) is 0 Å². The summed E-state index contributed by atoms with van der Waals surface area (Å²) in [6.45, 7) is 1.74. The molecule has 6 heteroatoms. The molecule has 5 nitrogen and oxygen atoms in total. The van der Waals surface area contributed by atoms with Crippen molar-refractivity contribution in [1.82, 2.24) is 14.6 Å². The molecule has 0 aliphatic carbocycles. The molecule has 3 rings (SSSR count). The molecule has 0 aliphatic rings. The molecule has 1 aromatic carbocycles. The Morgan fingerprint density at radius 3 is 2.95 bits per heavy atom. The molecular weight excluding hydrogens is 259 g/mol. The van der Waals surface area contributed by atoms with Crippen LogP contribution in [0, 0.1) is 12.7 Å². The summed E-state index contributed by atoms with van der Waals surface area (Å²) in [5.41, 5.74) is 2.25. The van der Waals surface area contributed by atoms with Crippen molar-refractivity contribution in [2.75, 3.05) is 5.32 Å². The lowest BCUT2D eigenvalue weighted by Gasteiger charge is -2.06. The first kappa shape index (κ1) is 12.3. The number of carbonyl (C=O) groups excluding carboxylic acids is 1. The summed E-state index contributed by atoms with van der Waals surface area (Å²) >= 11 is 0. The fourth-order valence-corrected chi connectivity index (χ4v) is 1.97. The molecule has 0 spiro atoms. The second-order valence-corrected chi connectivity index (χ2v) is 4.49. The number of aryl methyl sites for hydroxylation is 1. The molecule has 0 saturated carbocycles. The summed E-state index contributed by atoms with van der Waals surface area (Å²) in [5, 5.41) is 10.3. The monoisotopic (exact) mass is 270 g/mol. The van der Waals surface area contributed by atoms with E-state index < -0.39 is 5.82 Å². The number of fused-ring (bicyclic) bond motifs is 1. The topological polar surface area (TPSA) is 59.3 Å². The Hall–Kier alpha value is -2.76. The van der Waals surface area contributed by atoms with Crippen LogP contribution in [0.4, 0.5) is 10.1 Å². The van der Waals surface area contributed by atoms with E-state index in [4.69, 9.17) is 0 Å². The zero-order valence-electron chi connectivity index (χ0n) is 10.7. The van der Waals surface area contributed by atoms with E-state index in [0.717, 1.165) is 0 Å². The molecule has 0 saturated heterocycles. The highest BCUT2D eigenvalue weighted by atomic mass is 19.1. The molecule has 2 aromatic heterocycles. The highest BCUT2D eigenvalue weighted by Crippen LogP contribution is 2.13. The number of amides is 1. The maximum Gasteiger partial charge on any atom is 0.255 e. The van der Waals surface area contributed by atoms with Crippen LogP contribution in [-0.4, -0.2) is 20.5 Å². The van der Waals surface area contributed by atoms with Crippen molar-refractivity contribution >= 4 is 17.2 Å². The number of nitrogens with one attached hydrogen (secondary N) is 1. The van der Waals surface area contributed by atoms with E-state index in [1.54, 1.807) is 35.7 Å². The minimum Gasteiger partial charge on any atom is -0.321 e. The van der Waals surface area contributed by atoms with E-state index >= 15 is 0 Å². The largest absolute Gasteiger partial charge is 0.321 e. The van der Waals surface area contributed by atoms with Gasteiger partial charge in [0.15, 0.2) is 5.65 Å². The smallest absolute Gasteiger partial charge is 0.255 e. The Morgan fingerprint density at radius 1 is 1.30 bits per heavy atom. The summed E-state index contributed by atoms with van der Waals surface area (Å²) in [6, 6.07) is 7.67. The summed E-state index contributed by atoms with van der Waals surface area (Å²) in [7, 11) is 0. The normalized spacial score (nSPS) is 10.7. The minimum absolute atomic E-state index is 0.284. The van der Waals surface area contributed by atoms with Crippen molar-refractivity contribution in [2.24, 2.45) is 0 Å². The first-order chi connectivity index (χ1) is 9.61. The Kier molecular flexibility index (Phi) is 2.90. The molecule has 0 unspecified atom stereocenters. The Morgan fingerprint density at radius 2 is 2.15 bits per heavy atom. The van der Waals surface area contributed by atoms with Gasteiger partial charge in [-0.3, -0.25) is 9.20 Å². The molecule has 0 fully saturated rings. The predicted octanol–water partition coefficient (Wildman–Crippen LogP) is 2.43. The van der Waals surface area contributed by atoms with Gasteiger partial charge in [0.05, 0.1) is 5.69 Å². The highest BCUT2D eigenvalue weighted by molar-refractivity contribution is 6.04. The fourth-order valence-electron chi connectivity index (χ4n) is 1.97. The standard InChI is InChI=1S/C14H11FN4O/c1-9-4-10(6-11(15)5-9)14(20)17-12-2-3-13-18-16-8-19(13)7-12/h2-8H,1H3,(H,17,20). The first-order valence-electron chi connectivity index (χ1n) is 6.00. The summed E-state index contributed by atoms with van der Waals surface area (Å²) in [6.07, 6.45) is 3.23. The molecule has 1 amide bonds. The van der Waals surface area contributed by atoms with Gasteiger partial charge >= 0.3 is 0 Å². The van der Waals surface area contributed by atoms with Gasteiger partial charge in [0.25, 0.3) is 5.91 Å². The predicted molar refractivity (Wildman–Crippen MR) is 72.1 cm³/mol. The zero-order chi connectivity index (χ0) is 14.1. The van der Waals surface area contributed by atoms with E-state index in [9.17, 15) is 9.18 Å². The number of anilines is 1. The van der Waals surface area contributed by atoms with Gasteiger partial charge in [0.1, 0.15) is 12.1 Å². The van der Waals surface area contributed by atoms with Crippen LogP contribution in [0.2, 0.25) is 0 Å². The molecule has 20 heavy (non-hydrogen) atoms. The maximum atomic E-state index is 13.3. The lowest BCUT2D eigenvalue weighted by Crippen LogP contribution is -2.12. The van der Waals surface area contributed by atoms with E-state index in [-0.39, 0.29) is 11.5 Å². The van der Waals surface area contributed by atoms with Crippen molar-refractivity contribution in [3.8, 4) is 0 Å². The summed E-state index contributed by atoms with van der Waals surface area (Å²) in [5.74, 6) is -0.788. The molecule has 0 bridgehead atoms. The minimum atomic E-state index is -0.426. The number of halogens is 1. The van der Waals surface area contributed by atoms with Gasteiger partial charge in [-0.1, -0.05) is 0 Å². The number of aromatic nitrogens is 3. The quantitative estimate of drug-likeness (QED) is 0.778. The number of benzene rings is 1. The van der Waals surface area contributed by atoms with Crippen molar-refractivity contribution in [3.63, 3.8) is 0 Å². The maximum absolute atomic E-state index is 13.3. The third-order valence-electron chi connectivity index (χ3n) is 2.85. The van der Waals surface area contributed by atoms with Gasteiger partial charge < -0.3 is 5.32 Å². The average Bonchev–Trinajstić information content (AvgIpc) is 2.85. The zero-order valence-corrected chi connectivity index (χ0v) is 10.7. The van der Waals surface area contributed by atoms with Crippen LogP contribution in [0.5, 0.6) is 0 Å². The fraction of sp³-hybridized carbons (Fsp3) is 0.0714. The lowest BCUT2D eigenvalue weighted by molar-refractivity contribution is 0.102. The Labute approximate surface area is 114 Å². The van der Waals surface area contributed by atoms with Crippen LogP contribution in [0.15, 0.2) is 42.9 Å². The molecule has 2 heterocycles. The van der Waals surface area contributed by atoms with Crippen LogP contribution in [0.1, 0.15) is 15.9 Å². The lowest BCUT2D eigenvalue weighted by atomic mass is 10.1. The van der Waals surface area contributed by atoms with Gasteiger partial charge in [-0.25, -0.2) is 4.39 Å². The van der Waals surface area contributed by atoms with E-state index in [2.05, 4.69) is 15.5 Å². The second kappa shape index (κ2) is 4.73. The third kappa shape index (κ3) is 2.35. The van der Waals surface area contributed by atoms with Gasteiger partial charge in [0, 0.05) is 11.8 Å². The molecule has 100 valence electrons. The summed E-state index contributed by atoms with van der Waals surface area (Å²) in [4.78, 5) is 12.1. The average molecular weight is 270 g/mol. The van der Waals surface area contributed by atoms with Gasteiger partial charge in [-0.2, -0.15) is 0 Å². The molecular formula is C14H11FN4O. The molecule has 0 aliphatic heterocycles. The number of nitrogens with zero attached hydrogens (tertiary/aromatic N) is 3. The van der Waals surface area contributed by atoms with E-state index in [1.165, 1.54) is 18.5 Å². The van der Waals surface area contributed by atoms with Crippen LogP contribution in [-0.2, 0) is 0 Å². The molecule has 1 N–H and O–H groups in total. The van der Waals surface area contributed by atoms with E-state index in [0.29, 0.717) is 16.9 Å². The van der Waals surface area contributed by atoms with Crippen molar-refractivity contribution in [2.45, 2.75) is 6.92 Å². The molecule has 3 aromatic rings. The number of carbonyl (C=O) groups is 1. The van der Waals surface area contributed by atoms with E-state index in [1.807, 2.05) is 0 Å². The second-order valence-electron chi connectivity index (χ2n) is 4.49. The van der Waals surface area contributed by atoms with Gasteiger partial charge in [0.2, 0.25) is 0 Å². The Balaban J connectivity index is 1.87. The number of rotatable bonds is 2. The van der Waals surface area contributed by atoms with Crippen molar-refractivity contribution < 1.29 is 9.18 Å². The van der Waals surface area contributed by atoms with Gasteiger partial charge in [-0.05, 0) is 42.8 Å². The van der Waals surface area contributed by atoms with Crippen LogP contribution < -0.4 is 5.32 Å². The number of hydrogen-bond acceptors (Lipinski definition) is 3. The molecule has 0 atom stereocenters. The van der Waals surface area contributed by atoms with Crippen LogP contribution >= 0.6 is 0 Å². The number of hydrogen-bond donors (Lipinski definition) is 1. The van der Waals surface area contributed by atoms with Gasteiger partial charge in [-0.15, -0.1) is 10.2 Å². The third-order valence-corrected chi connectivity index (χ3v) is 2.85. The van der Waals surface area contributed by atoms with Crippen molar-refractivity contribution in [3.05, 3.63) is 59.8 Å². The van der Waals surface area contributed by atoms with Crippen LogP contribution in [0.25, 0.3) is 5.65 Å². The SMILES string of the molecule is Cc1cc(F)cc(C(=O)Nc2ccc3nncn3c2)c1. The Bertz CT molecular complexity index is 776. The van der Waals surface area contributed by atoms with Crippen LogP contribution in [0.3, 0.4) is 0 Å². The number of pyridine rings is 1. The molecule has 0 radical (unpaired) electrons.